The molecule has 0 aliphatic heterocycles. The molecule has 0 saturated heterocycles. The number of halogens is 7. The lowest BCUT2D eigenvalue weighted by atomic mass is 9.90. The molecule has 8 nitrogen and oxygen atoms in total. The molecule has 228 valence electrons. The standard InChI is InChI=1S/C28H23ClF6N4O4/c1-26(2,41)17-11-20(37-23(21(17)29)13-4-6-16(30)7-5-13)27(42,28(33,34)35)12-36-25(40)15-8-14-9-18(24(31)32)38-39-22(14)19(10-15)43-3/h4-11,24,41-42H,12H2,1-3H3,(H,36,40). The van der Waals surface area contributed by atoms with Crippen molar-refractivity contribution in [2.45, 2.75) is 37.7 Å². The second kappa shape index (κ2) is 11.6. The number of hydrogen-bond donors (Lipinski definition) is 3. The highest BCUT2D eigenvalue weighted by molar-refractivity contribution is 6.34. The summed E-state index contributed by atoms with van der Waals surface area (Å²) < 4.78 is 88.5. The van der Waals surface area contributed by atoms with Crippen molar-refractivity contribution in [3.05, 3.63) is 81.9 Å². The van der Waals surface area contributed by atoms with Crippen molar-refractivity contribution in [3.63, 3.8) is 0 Å². The Morgan fingerprint density at radius 2 is 1.70 bits per heavy atom. The Balaban J connectivity index is 1.78. The summed E-state index contributed by atoms with van der Waals surface area (Å²) in [5.74, 6) is -1.84. The molecular formula is C28H23ClF6N4O4. The van der Waals surface area contributed by atoms with E-state index < -0.39 is 53.5 Å². The first-order valence-corrected chi connectivity index (χ1v) is 12.7. The quantitative estimate of drug-likeness (QED) is 0.210. The summed E-state index contributed by atoms with van der Waals surface area (Å²) in [6, 6.07) is 8.37. The van der Waals surface area contributed by atoms with Crippen LogP contribution in [0.5, 0.6) is 5.75 Å². The van der Waals surface area contributed by atoms with Gasteiger partial charge in [0.25, 0.3) is 12.3 Å². The first kappa shape index (κ1) is 31.9. The molecule has 4 aromatic rings. The number of methoxy groups -OCH3 is 1. The Morgan fingerprint density at radius 1 is 1.05 bits per heavy atom. The number of aliphatic hydroxyl groups is 2. The van der Waals surface area contributed by atoms with E-state index in [4.69, 9.17) is 16.3 Å². The number of alkyl halides is 5. The van der Waals surface area contributed by atoms with Gasteiger partial charge in [-0.05, 0) is 62.4 Å². The summed E-state index contributed by atoms with van der Waals surface area (Å²) in [5.41, 5.74) is -8.08. The summed E-state index contributed by atoms with van der Waals surface area (Å²) >= 11 is 6.40. The number of benzene rings is 2. The summed E-state index contributed by atoms with van der Waals surface area (Å²) in [7, 11) is 1.20. The van der Waals surface area contributed by atoms with Gasteiger partial charge in [0.15, 0.2) is 0 Å². The normalized spacial score (nSPS) is 13.7. The van der Waals surface area contributed by atoms with Crippen LogP contribution >= 0.6 is 11.6 Å². The number of fused-ring (bicyclic) bond motifs is 1. The number of rotatable bonds is 8. The van der Waals surface area contributed by atoms with Crippen LogP contribution in [0.25, 0.3) is 22.2 Å². The lowest BCUT2D eigenvalue weighted by Crippen LogP contribution is -2.51. The third-order valence-electron chi connectivity index (χ3n) is 6.51. The maximum absolute atomic E-state index is 14.5. The van der Waals surface area contributed by atoms with Crippen LogP contribution in [0.15, 0.2) is 48.5 Å². The lowest BCUT2D eigenvalue weighted by molar-refractivity contribution is -0.265. The molecule has 2 aromatic heterocycles. The van der Waals surface area contributed by atoms with Gasteiger partial charge in [0.05, 0.1) is 35.7 Å². The second-order valence-electron chi connectivity index (χ2n) is 10.0. The topological polar surface area (TPSA) is 117 Å². The van der Waals surface area contributed by atoms with Crippen LogP contribution in [0.4, 0.5) is 26.3 Å². The molecule has 0 aliphatic rings. The fourth-order valence-electron chi connectivity index (χ4n) is 4.17. The van der Waals surface area contributed by atoms with Gasteiger partial charge in [0, 0.05) is 22.1 Å². The Morgan fingerprint density at radius 3 is 2.26 bits per heavy atom. The summed E-state index contributed by atoms with van der Waals surface area (Å²) in [6.45, 7) is 1.03. The maximum atomic E-state index is 14.5. The Hall–Kier alpha value is -4.01. The molecule has 0 aliphatic carbocycles. The van der Waals surface area contributed by atoms with Gasteiger partial charge in [-0.25, -0.2) is 18.2 Å². The number of ether oxygens (including phenoxy) is 1. The number of pyridine rings is 1. The maximum Gasteiger partial charge on any atom is 0.424 e. The molecule has 0 radical (unpaired) electrons. The average Bonchev–Trinajstić information content (AvgIpc) is 2.94. The van der Waals surface area contributed by atoms with Crippen molar-refractivity contribution in [1.29, 1.82) is 0 Å². The SMILES string of the molecule is COc1cc(C(=O)NCC(O)(c2cc(C(C)(C)O)c(Cl)c(-c3ccc(F)cc3)n2)C(F)(F)F)cc2cc(C(F)F)nnc12. The van der Waals surface area contributed by atoms with E-state index in [-0.39, 0.29) is 44.1 Å². The van der Waals surface area contributed by atoms with Gasteiger partial charge in [0.2, 0.25) is 5.60 Å². The molecule has 0 saturated carbocycles. The molecule has 15 heteroatoms. The Kier molecular flexibility index (Phi) is 8.60. The van der Waals surface area contributed by atoms with Crippen LogP contribution < -0.4 is 10.1 Å². The van der Waals surface area contributed by atoms with Crippen LogP contribution in [0.1, 0.15) is 47.6 Å². The lowest BCUT2D eigenvalue weighted by Gasteiger charge is -2.32. The monoisotopic (exact) mass is 628 g/mol. The van der Waals surface area contributed by atoms with Crippen LogP contribution in [-0.4, -0.2) is 51.1 Å². The molecular weight excluding hydrogens is 606 g/mol. The minimum Gasteiger partial charge on any atom is -0.494 e. The number of hydrogen-bond acceptors (Lipinski definition) is 7. The van der Waals surface area contributed by atoms with E-state index in [0.717, 1.165) is 36.4 Å². The first-order valence-electron chi connectivity index (χ1n) is 12.4. The number of nitrogens with zero attached hydrogens (tertiary/aromatic N) is 3. The molecule has 1 unspecified atom stereocenters. The van der Waals surface area contributed by atoms with Crippen molar-refractivity contribution in [3.8, 4) is 17.0 Å². The third kappa shape index (κ3) is 6.36. The average molecular weight is 629 g/mol. The van der Waals surface area contributed by atoms with Crippen molar-refractivity contribution in [2.24, 2.45) is 0 Å². The van der Waals surface area contributed by atoms with E-state index >= 15 is 0 Å². The van der Waals surface area contributed by atoms with Gasteiger partial charge >= 0.3 is 6.18 Å². The fraction of sp³-hybridized carbons (Fsp3) is 0.286. The smallest absolute Gasteiger partial charge is 0.424 e. The van der Waals surface area contributed by atoms with E-state index in [0.29, 0.717) is 0 Å². The van der Waals surface area contributed by atoms with E-state index in [2.05, 4.69) is 15.2 Å². The zero-order chi connectivity index (χ0) is 31.9. The van der Waals surface area contributed by atoms with Crippen LogP contribution in [0.3, 0.4) is 0 Å². The number of nitrogens with one attached hydrogen (secondary N) is 1. The molecule has 1 atom stereocenters. The number of aromatic nitrogens is 3. The third-order valence-corrected chi connectivity index (χ3v) is 6.89. The molecule has 0 spiro atoms. The van der Waals surface area contributed by atoms with Crippen LogP contribution in [-0.2, 0) is 11.2 Å². The van der Waals surface area contributed by atoms with Crippen molar-refractivity contribution >= 4 is 28.4 Å². The van der Waals surface area contributed by atoms with Gasteiger partial charge in [-0.2, -0.15) is 13.2 Å². The molecule has 4 rings (SSSR count). The predicted octanol–water partition coefficient (Wildman–Crippen LogP) is 5.84. The summed E-state index contributed by atoms with van der Waals surface area (Å²) in [6.07, 6.45) is -8.41. The summed E-state index contributed by atoms with van der Waals surface area (Å²) in [4.78, 5) is 17.0. The number of amides is 1. The van der Waals surface area contributed by atoms with Crippen molar-refractivity contribution < 1.29 is 46.1 Å². The van der Waals surface area contributed by atoms with Gasteiger partial charge in [-0.3, -0.25) is 4.79 Å². The minimum absolute atomic E-state index is 0.000917. The number of carbonyl (C=O) groups excluding carboxylic acids is 1. The molecule has 2 heterocycles. The molecule has 0 fully saturated rings. The zero-order valence-electron chi connectivity index (χ0n) is 22.6. The first-order chi connectivity index (χ1) is 20.0. The second-order valence-corrected chi connectivity index (χ2v) is 10.4. The Bertz CT molecular complexity index is 1680. The molecule has 1 amide bonds. The van der Waals surface area contributed by atoms with Crippen LogP contribution in [0.2, 0.25) is 5.02 Å². The highest BCUT2D eigenvalue weighted by Gasteiger charge is 2.57. The molecule has 43 heavy (non-hydrogen) atoms. The van der Waals surface area contributed by atoms with E-state index in [1.807, 2.05) is 5.32 Å². The van der Waals surface area contributed by atoms with Gasteiger partial charge < -0.3 is 20.3 Å². The van der Waals surface area contributed by atoms with E-state index in [1.165, 1.54) is 33.1 Å². The zero-order valence-corrected chi connectivity index (χ0v) is 23.4. The molecule has 3 N–H and O–H groups in total. The predicted molar refractivity (Wildman–Crippen MR) is 143 cm³/mol. The fourth-order valence-corrected chi connectivity index (χ4v) is 4.60. The minimum atomic E-state index is -5.43. The molecule has 2 aromatic carbocycles. The number of carbonyl (C=O) groups is 1. The van der Waals surface area contributed by atoms with Gasteiger partial charge in [0.1, 0.15) is 22.8 Å². The molecule has 0 bridgehead atoms. The van der Waals surface area contributed by atoms with E-state index in [9.17, 15) is 41.4 Å². The van der Waals surface area contributed by atoms with Crippen LogP contribution in [0, 0.1) is 5.82 Å². The largest absolute Gasteiger partial charge is 0.494 e. The highest BCUT2D eigenvalue weighted by Crippen LogP contribution is 2.43. The Labute approximate surface area is 245 Å². The van der Waals surface area contributed by atoms with E-state index in [1.54, 1.807) is 0 Å². The van der Waals surface area contributed by atoms with Crippen molar-refractivity contribution in [2.75, 3.05) is 13.7 Å². The highest BCUT2D eigenvalue weighted by atomic mass is 35.5. The van der Waals surface area contributed by atoms with Crippen molar-refractivity contribution in [1.82, 2.24) is 20.5 Å². The van der Waals surface area contributed by atoms with Gasteiger partial charge in [-0.15, -0.1) is 10.2 Å². The van der Waals surface area contributed by atoms with Gasteiger partial charge in [-0.1, -0.05) is 11.6 Å². The summed E-state index contributed by atoms with van der Waals surface area (Å²) in [5, 5.41) is 30.5.